The summed E-state index contributed by atoms with van der Waals surface area (Å²) in [7, 11) is 1.58. The van der Waals surface area contributed by atoms with Crippen LogP contribution in [-0.4, -0.2) is 19.7 Å². The maximum Gasteiger partial charge on any atom is 0.379 e. The molecule has 1 aliphatic rings. The first-order chi connectivity index (χ1) is 20.8. The second kappa shape index (κ2) is 13.1. The van der Waals surface area contributed by atoms with E-state index in [9.17, 15) is 10.1 Å². The number of furan rings is 1. The van der Waals surface area contributed by atoms with Gasteiger partial charge in [0.15, 0.2) is 11.5 Å². The Morgan fingerprint density at radius 3 is 2.63 bits per heavy atom. The van der Waals surface area contributed by atoms with Gasteiger partial charge in [-0.3, -0.25) is 0 Å². The Hall–Kier alpha value is -4.61. The largest absolute Gasteiger partial charge is 0.493 e. The predicted octanol–water partition coefficient (Wildman–Crippen LogP) is 8.19. The maximum absolute atomic E-state index is 13.1. The smallest absolute Gasteiger partial charge is 0.379 e. The van der Waals surface area contributed by atoms with Crippen molar-refractivity contribution in [1.82, 2.24) is 0 Å². The number of esters is 1. The third kappa shape index (κ3) is 6.27. The van der Waals surface area contributed by atoms with Crippen molar-refractivity contribution in [2.75, 3.05) is 13.7 Å². The molecule has 0 saturated carbocycles. The number of hydrogen-bond acceptors (Lipinski definition) is 8. The van der Waals surface area contributed by atoms with Gasteiger partial charge in [-0.1, -0.05) is 56.3 Å². The Balaban J connectivity index is 1.39. The fourth-order valence-electron chi connectivity index (χ4n) is 5.25. The number of nitrogens with zero attached hydrogens (tertiary/aromatic N) is 1. The number of benzene rings is 3. The molecule has 222 valence electrons. The Labute approximate surface area is 255 Å². The zero-order valence-corrected chi connectivity index (χ0v) is 25.1. The van der Waals surface area contributed by atoms with E-state index in [4.69, 9.17) is 40.7 Å². The normalized spacial score (nSPS) is 14.2. The van der Waals surface area contributed by atoms with Crippen LogP contribution in [0.15, 0.2) is 70.5 Å². The molecule has 0 aliphatic carbocycles. The van der Waals surface area contributed by atoms with Crippen LogP contribution in [0.4, 0.5) is 0 Å². The van der Waals surface area contributed by atoms with Crippen LogP contribution >= 0.6 is 11.6 Å². The Bertz CT molecular complexity index is 1730. The van der Waals surface area contributed by atoms with E-state index < -0.39 is 11.9 Å². The highest BCUT2D eigenvalue weighted by Gasteiger charge is 2.32. The number of methoxy groups -OCH3 is 1. The molecular formula is C34H33ClN2O6. The van der Waals surface area contributed by atoms with Gasteiger partial charge in [0, 0.05) is 27.6 Å². The maximum atomic E-state index is 13.1. The topological polar surface area (TPSA) is 117 Å². The quantitative estimate of drug-likeness (QED) is 0.104. The average Bonchev–Trinajstić information content (AvgIpc) is 3.33. The summed E-state index contributed by atoms with van der Waals surface area (Å²) in [6.07, 6.45) is 5.70. The summed E-state index contributed by atoms with van der Waals surface area (Å²) < 4.78 is 28.9. The summed E-state index contributed by atoms with van der Waals surface area (Å²) in [6, 6.07) is 17.9. The van der Waals surface area contributed by atoms with Crippen LogP contribution in [-0.2, 0) is 0 Å². The van der Waals surface area contributed by atoms with E-state index in [2.05, 4.69) is 13.0 Å². The van der Waals surface area contributed by atoms with Gasteiger partial charge >= 0.3 is 5.97 Å². The number of nitriles is 1. The molecule has 3 aromatic carbocycles. The number of nitrogens with two attached hydrogens (primary N) is 1. The predicted molar refractivity (Wildman–Crippen MR) is 164 cm³/mol. The lowest BCUT2D eigenvalue weighted by Gasteiger charge is -2.27. The van der Waals surface area contributed by atoms with Crippen LogP contribution in [0.25, 0.3) is 11.0 Å². The van der Waals surface area contributed by atoms with Crippen LogP contribution in [0, 0.1) is 18.3 Å². The summed E-state index contributed by atoms with van der Waals surface area (Å²) >= 11 is 6.11. The Kier molecular flexibility index (Phi) is 9.13. The van der Waals surface area contributed by atoms with Gasteiger partial charge in [0.05, 0.1) is 19.6 Å². The van der Waals surface area contributed by atoms with Crippen LogP contribution in [0.3, 0.4) is 0 Å². The molecule has 0 amide bonds. The standard InChI is InChI=1S/C34H33ClN2O6/c1-4-5-6-7-8-15-40-28-13-9-21(16-30(28)39-3)31-24-12-11-23(18-29(24)43-33(37)26(31)19-36)41-34(38)32-20(2)25-17-22(35)10-14-27(25)42-32/h9-14,16-18,31H,4-8,15,37H2,1-3H3. The molecule has 43 heavy (non-hydrogen) atoms. The molecule has 2 N–H and O–H groups in total. The summed E-state index contributed by atoms with van der Waals surface area (Å²) in [4.78, 5) is 13.1. The molecule has 0 spiro atoms. The van der Waals surface area contributed by atoms with Gasteiger partial charge in [-0.05, 0) is 55.3 Å². The first kappa shape index (κ1) is 29.9. The molecule has 9 heteroatoms. The van der Waals surface area contributed by atoms with E-state index in [1.165, 1.54) is 19.3 Å². The molecule has 0 bridgehead atoms. The monoisotopic (exact) mass is 600 g/mol. The lowest BCUT2D eigenvalue weighted by Crippen LogP contribution is -2.21. The number of carbonyl (C=O) groups excluding carboxylic acids is 1. The van der Waals surface area contributed by atoms with E-state index in [-0.39, 0.29) is 23.0 Å². The lowest BCUT2D eigenvalue weighted by atomic mass is 9.83. The van der Waals surface area contributed by atoms with Crippen molar-refractivity contribution < 1.29 is 28.2 Å². The molecule has 1 unspecified atom stereocenters. The second-order valence-corrected chi connectivity index (χ2v) is 10.8. The van der Waals surface area contributed by atoms with Crippen LogP contribution in [0.1, 0.15) is 72.2 Å². The van der Waals surface area contributed by atoms with Crippen LogP contribution in [0.5, 0.6) is 23.0 Å². The van der Waals surface area contributed by atoms with Gasteiger partial charge < -0.3 is 29.1 Å². The molecule has 0 fully saturated rings. The number of carbonyl (C=O) groups is 1. The van der Waals surface area contributed by atoms with Crippen molar-refractivity contribution >= 4 is 28.5 Å². The third-order valence-electron chi connectivity index (χ3n) is 7.51. The van der Waals surface area contributed by atoms with Crippen molar-refractivity contribution in [3.63, 3.8) is 0 Å². The number of fused-ring (bicyclic) bond motifs is 2. The summed E-state index contributed by atoms with van der Waals surface area (Å²) in [5.74, 6) is 0.648. The van der Waals surface area contributed by atoms with Crippen molar-refractivity contribution in [1.29, 1.82) is 5.26 Å². The third-order valence-corrected chi connectivity index (χ3v) is 7.75. The Morgan fingerprint density at radius 1 is 1.05 bits per heavy atom. The van der Waals surface area contributed by atoms with Gasteiger partial charge in [-0.2, -0.15) is 5.26 Å². The van der Waals surface area contributed by atoms with E-state index in [0.29, 0.717) is 45.6 Å². The molecule has 1 atom stereocenters. The highest BCUT2D eigenvalue weighted by Crippen LogP contribution is 2.45. The molecule has 1 aliphatic heterocycles. The minimum Gasteiger partial charge on any atom is -0.493 e. The van der Waals surface area contributed by atoms with Crippen LogP contribution < -0.4 is 24.7 Å². The molecule has 1 aromatic heterocycles. The van der Waals surface area contributed by atoms with Gasteiger partial charge in [-0.25, -0.2) is 4.79 Å². The summed E-state index contributed by atoms with van der Waals surface area (Å²) in [6.45, 7) is 4.56. The number of ether oxygens (including phenoxy) is 4. The zero-order valence-electron chi connectivity index (χ0n) is 24.4. The Morgan fingerprint density at radius 2 is 1.86 bits per heavy atom. The van der Waals surface area contributed by atoms with E-state index in [1.54, 1.807) is 50.4 Å². The SMILES string of the molecule is CCCCCCCOc1ccc(C2C(C#N)=C(N)Oc3cc(OC(=O)c4oc5ccc(Cl)cc5c4C)ccc32)cc1OC. The number of allylic oxidation sites excluding steroid dienone is 1. The first-order valence-electron chi connectivity index (χ1n) is 14.3. The number of aryl methyl sites for hydroxylation is 1. The molecule has 4 aromatic rings. The van der Waals surface area contributed by atoms with Gasteiger partial charge in [0.1, 0.15) is 28.7 Å². The van der Waals surface area contributed by atoms with E-state index in [0.717, 1.165) is 23.8 Å². The highest BCUT2D eigenvalue weighted by molar-refractivity contribution is 6.31. The molecule has 2 heterocycles. The molecule has 5 rings (SSSR count). The fraction of sp³-hybridized carbons (Fsp3) is 0.294. The first-order valence-corrected chi connectivity index (χ1v) is 14.7. The number of unbranched alkanes of at least 4 members (excludes halogenated alkanes) is 4. The minimum atomic E-state index is -0.663. The summed E-state index contributed by atoms with van der Waals surface area (Å²) in [5, 5.41) is 11.3. The minimum absolute atomic E-state index is 0.0279. The zero-order chi connectivity index (χ0) is 30.5. The van der Waals surface area contributed by atoms with Gasteiger partial charge in [-0.15, -0.1) is 0 Å². The van der Waals surface area contributed by atoms with E-state index >= 15 is 0 Å². The molecule has 0 radical (unpaired) electrons. The van der Waals surface area contributed by atoms with Crippen molar-refractivity contribution in [2.45, 2.75) is 51.9 Å². The lowest BCUT2D eigenvalue weighted by molar-refractivity contribution is 0.0702. The number of rotatable bonds is 11. The number of hydrogen-bond donors (Lipinski definition) is 1. The van der Waals surface area contributed by atoms with Gasteiger partial charge in [0.25, 0.3) is 0 Å². The van der Waals surface area contributed by atoms with Gasteiger partial charge in [0.2, 0.25) is 11.6 Å². The second-order valence-electron chi connectivity index (χ2n) is 10.4. The fourth-order valence-corrected chi connectivity index (χ4v) is 5.43. The molecule has 8 nitrogen and oxygen atoms in total. The highest BCUT2D eigenvalue weighted by atomic mass is 35.5. The molecular weight excluding hydrogens is 568 g/mol. The molecule has 0 saturated heterocycles. The van der Waals surface area contributed by atoms with Crippen molar-refractivity contribution in [3.05, 3.63) is 93.5 Å². The van der Waals surface area contributed by atoms with Crippen molar-refractivity contribution in [3.8, 4) is 29.1 Å². The average molecular weight is 601 g/mol. The number of halogens is 1. The summed E-state index contributed by atoms with van der Waals surface area (Å²) in [5.41, 5.74) is 9.10. The van der Waals surface area contributed by atoms with Crippen LogP contribution in [0.2, 0.25) is 5.02 Å². The van der Waals surface area contributed by atoms with Crippen molar-refractivity contribution in [2.24, 2.45) is 5.73 Å². The van der Waals surface area contributed by atoms with E-state index in [1.807, 2.05) is 18.2 Å².